The van der Waals surface area contributed by atoms with Crippen molar-refractivity contribution in [3.8, 4) is 0 Å². The van der Waals surface area contributed by atoms with Crippen molar-refractivity contribution in [3.63, 3.8) is 0 Å². The molecule has 0 saturated carbocycles. The Hall–Kier alpha value is -1.86. The Balaban J connectivity index is 1.67. The van der Waals surface area contributed by atoms with E-state index < -0.39 is 0 Å². The number of hydrogen-bond donors (Lipinski definition) is 1. The van der Waals surface area contributed by atoms with Crippen molar-refractivity contribution in [2.75, 3.05) is 51.8 Å². The van der Waals surface area contributed by atoms with Gasteiger partial charge in [-0.25, -0.2) is 9.98 Å². The highest BCUT2D eigenvalue weighted by molar-refractivity contribution is 5.80. The molecule has 0 bridgehead atoms. The molecule has 0 aliphatic carbocycles. The van der Waals surface area contributed by atoms with E-state index in [0.29, 0.717) is 6.54 Å². The highest BCUT2D eigenvalue weighted by atomic mass is 16.5. The first-order valence-corrected chi connectivity index (χ1v) is 9.56. The summed E-state index contributed by atoms with van der Waals surface area (Å²) in [5.41, 5.74) is 1.16. The van der Waals surface area contributed by atoms with Crippen molar-refractivity contribution in [1.29, 1.82) is 0 Å². The normalized spacial score (nSPS) is 24.0. The molecule has 2 atom stereocenters. The summed E-state index contributed by atoms with van der Waals surface area (Å²) in [6.45, 7) is 6.84. The van der Waals surface area contributed by atoms with Crippen LogP contribution in [0.2, 0.25) is 0 Å². The van der Waals surface area contributed by atoms with Gasteiger partial charge in [0.15, 0.2) is 5.96 Å². The fourth-order valence-corrected chi connectivity index (χ4v) is 3.38. The van der Waals surface area contributed by atoms with E-state index in [9.17, 15) is 0 Å². The summed E-state index contributed by atoms with van der Waals surface area (Å²) in [5, 5.41) is 3.42. The Morgan fingerprint density at radius 2 is 2.19 bits per heavy atom. The van der Waals surface area contributed by atoms with Crippen LogP contribution in [0, 0.1) is 0 Å². The Morgan fingerprint density at radius 3 is 2.92 bits per heavy atom. The number of anilines is 1. The van der Waals surface area contributed by atoms with Crippen LogP contribution in [0.15, 0.2) is 23.3 Å². The zero-order valence-corrected chi connectivity index (χ0v) is 16.1. The number of pyridine rings is 1. The molecule has 2 aliphatic heterocycles. The van der Waals surface area contributed by atoms with E-state index >= 15 is 0 Å². The van der Waals surface area contributed by atoms with Gasteiger partial charge in [-0.05, 0) is 37.5 Å². The molecule has 1 N–H and O–H groups in total. The minimum atomic E-state index is 0.136. The Morgan fingerprint density at radius 1 is 1.35 bits per heavy atom. The van der Waals surface area contributed by atoms with E-state index in [0.717, 1.165) is 63.0 Å². The lowest BCUT2D eigenvalue weighted by atomic mass is 10.1. The van der Waals surface area contributed by atoms with Crippen molar-refractivity contribution >= 4 is 11.8 Å². The van der Waals surface area contributed by atoms with E-state index in [-0.39, 0.29) is 12.2 Å². The summed E-state index contributed by atoms with van der Waals surface area (Å²) in [6, 6.07) is 4.11. The predicted molar refractivity (Wildman–Crippen MR) is 104 cm³/mol. The number of morpholine rings is 1. The fraction of sp³-hybridized carbons (Fsp3) is 0.684. The molecule has 7 heteroatoms. The maximum Gasteiger partial charge on any atom is 0.194 e. The third kappa shape index (κ3) is 4.86. The summed E-state index contributed by atoms with van der Waals surface area (Å²) in [5.74, 6) is 1.90. The molecule has 3 rings (SSSR count). The van der Waals surface area contributed by atoms with Gasteiger partial charge >= 0.3 is 0 Å². The van der Waals surface area contributed by atoms with Crippen molar-refractivity contribution < 1.29 is 9.47 Å². The summed E-state index contributed by atoms with van der Waals surface area (Å²) < 4.78 is 11.8. The monoisotopic (exact) mass is 361 g/mol. The van der Waals surface area contributed by atoms with Gasteiger partial charge in [0, 0.05) is 46.5 Å². The number of rotatable bonds is 5. The first-order chi connectivity index (χ1) is 12.7. The lowest BCUT2D eigenvalue weighted by Gasteiger charge is -2.37. The Kier molecular flexibility index (Phi) is 6.68. The molecule has 2 aliphatic rings. The number of aliphatic imine (C=N–C) groups is 1. The Labute approximate surface area is 156 Å². The van der Waals surface area contributed by atoms with Gasteiger partial charge in [0.25, 0.3) is 0 Å². The summed E-state index contributed by atoms with van der Waals surface area (Å²) in [4.78, 5) is 13.5. The van der Waals surface area contributed by atoms with E-state index in [1.807, 2.05) is 31.3 Å². The van der Waals surface area contributed by atoms with Gasteiger partial charge in [-0.3, -0.25) is 0 Å². The lowest BCUT2D eigenvalue weighted by molar-refractivity contribution is -0.0817. The van der Waals surface area contributed by atoms with Crippen molar-refractivity contribution in [2.24, 2.45) is 4.99 Å². The minimum Gasteiger partial charge on any atom is -0.375 e. The summed E-state index contributed by atoms with van der Waals surface area (Å²) in [6.07, 6.45) is 4.43. The van der Waals surface area contributed by atoms with Crippen molar-refractivity contribution in [2.45, 2.75) is 38.5 Å². The third-order valence-electron chi connectivity index (χ3n) is 4.79. The molecule has 7 nitrogen and oxygen atoms in total. The number of hydrogen-bond acceptors (Lipinski definition) is 5. The van der Waals surface area contributed by atoms with Gasteiger partial charge in [0.2, 0.25) is 0 Å². The molecule has 2 saturated heterocycles. The summed E-state index contributed by atoms with van der Waals surface area (Å²) in [7, 11) is 4.00. The first-order valence-electron chi connectivity index (χ1n) is 9.56. The van der Waals surface area contributed by atoms with Crippen LogP contribution in [0.3, 0.4) is 0 Å². The van der Waals surface area contributed by atoms with Crippen LogP contribution in [0.5, 0.6) is 0 Å². The average Bonchev–Trinajstić information content (AvgIpc) is 3.20. The van der Waals surface area contributed by atoms with Crippen LogP contribution < -0.4 is 10.2 Å². The van der Waals surface area contributed by atoms with Gasteiger partial charge in [-0.1, -0.05) is 0 Å². The molecular formula is C19H31N5O2. The number of aromatic nitrogens is 1. The van der Waals surface area contributed by atoms with Crippen LogP contribution in [-0.4, -0.2) is 75.0 Å². The zero-order valence-electron chi connectivity index (χ0n) is 16.1. The predicted octanol–water partition coefficient (Wildman–Crippen LogP) is 1.49. The summed E-state index contributed by atoms with van der Waals surface area (Å²) >= 11 is 0. The molecule has 144 valence electrons. The molecule has 1 aromatic rings. The molecule has 1 aromatic heterocycles. The van der Waals surface area contributed by atoms with Gasteiger partial charge in [0.05, 0.1) is 19.3 Å². The minimum absolute atomic E-state index is 0.136. The lowest BCUT2D eigenvalue weighted by Crippen LogP contribution is -2.53. The second-order valence-electron chi connectivity index (χ2n) is 6.99. The van der Waals surface area contributed by atoms with E-state index in [1.165, 1.54) is 0 Å². The third-order valence-corrected chi connectivity index (χ3v) is 4.79. The zero-order chi connectivity index (χ0) is 18.4. The second kappa shape index (κ2) is 9.19. The van der Waals surface area contributed by atoms with Gasteiger partial charge in [-0.15, -0.1) is 0 Å². The van der Waals surface area contributed by atoms with Crippen molar-refractivity contribution in [1.82, 2.24) is 15.2 Å². The highest BCUT2D eigenvalue weighted by Gasteiger charge is 2.32. The molecule has 0 spiro atoms. The maximum atomic E-state index is 5.96. The smallest absolute Gasteiger partial charge is 0.194 e. The van der Waals surface area contributed by atoms with E-state index in [4.69, 9.17) is 14.5 Å². The molecule has 0 amide bonds. The SMILES string of the molecule is CCNC(=NCc1ccnc(N(C)C)c1)N1CCOC(C2CCCO2)C1. The van der Waals surface area contributed by atoms with E-state index in [2.05, 4.69) is 28.2 Å². The molecule has 0 radical (unpaired) electrons. The van der Waals surface area contributed by atoms with Crippen LogP contribution in [0.4, 0.5) is 5.82 Å². The first kappa shape index (κ1) is 18.9. The molecule has 26 heavy (non-hydrogen) atoms. The van der Waals surface area contributed by atoms with Gasteiger partial charge in [0.1, 0.15) is 11.9 Å². The standard InChI is InChI=1S/C19H31N5O2/c1-4-20-19(22-13-15-7-8-21-18(12-15)23(2)3)24-9-11-26-17(14-24)16-6-5-10-25-16/h7-8,12,16-17H,4-6,9-11,13-14H2,1-3H3,(H,20,22). The number of ether oxygens (including phenoxy) is 2. The fourth-order valence-electron chi connectivity index (χ4n) is 3.38. The topological polar surface area (TPSA) is 62.2 Å². The van der Waals surface area contributed by atoms with Crippen LogP contribution in [0.1, 0.15) is 25.3 Å². The largest absolute Gasteiger partial charge is 0.375 e. The van der Waals surface area contributed by atoms with E-state index in [1.54, 1.807) is 0 Å². The molecular weight excluding hydrogens is 330 g/mol. The molecule has 2 unspecified atom stereocenters. The van der Waals surface area contributed by atoms with Crippen LogP contribution >= 0.6 is 0 Å². The number of nitrogens with zero attached hydrogens (tertiary/aromatic N) is 4. The van der Waals surface area contributed by atoms with Crippen LogP contribution in [-0.2, 0) is 16.0 Å². The average molecular weight is 361 g/mol. The number of guanidine groups is 1. The molecule has 0 aromatic carbocycles. The van der Waals surface area contributed by atoms with Crippen LogP contribution in [0.25, 0.3) is 0 Å². The quantitative estimate of drug-likeness (QED) is 0.633. The maximum absolute atomic E-state index is 5.96. The molecule has 3 heterocycles. The number of nitrogens with one attached hydrogen (secondary N) is 1. The molecule has 2 fully saturated rings. The van der Waals surface area contributed by atoms with Gasteiger partial charge < -0.3 is 24.6 Å². The second-order valence-corrected chi connectivity index (χ2v) is 6.99. The van der Waals surface area contributed by atoms with Crippen molar-refractivity contribution in [3.05, 3.63) is 23.9 Å². The van der Waals surface area contributed by atoms with Gasteiger partial charge in [-0.2, -0.15) is 0 Å². The highest BCUT2D eigenvalue weighted by Crippen LogP contribution is 2.21. The Bertz CT molecular complexity index is 601.